The molecule has 6 aromatic rings. The molecule has 5 heterocycles. The summed E-state index contributed by atoms with van der Waals surface area (Å²) in [7, 11) is 1.50. The molecule has 0 fully saturated rings. The van der Waals surface area contributed by atoms with Crippen LogP contribution in [0.3, 0.4) is 0 Å². The summed E-state index contributed by atoms with van der Waals surface area (Å²) in [6.07, 6.45) is 9.91. The van der Waals surface area contributed by atoms with Crippen LogP contribution in [0.4, 0.5) is 4.39 Å². The number of rotatable bonds is 4. The molecule has 0 amide bonds. The predicted molar refractivity (Wildman–Crippen MR) is 120 cm³/mol. The molecule has 0 aliphatic rings. The van der Waals surface area contributed by atoms with Gasteiger partial charge in [-0.2, -0.15) is 5.10 Å². The number of pyridine rings is 2. The second-order valence-electron chi connectivity index (χ2n) is 7.33. The van der Waals surface area contributed by atoms with Crippen LogP contribution in [0.2, 0.25) is 0 Å². The molecule has 0 atom stereocenters. The van der Waals surface area contributed by atoms with Gasteiger partial charge in [0.2, 0.25) is 0 Å². The average Bonchev–Trinajstić information content (AvgIpc) is 3.47. The van der Waals surface area contributed by atoms with Crippen LogP contribution >= 0.6 is 0 Å². The van der Waals surface area contributed by atoms with Gasteiger partial charge in [0.25, 0.3) is 0 Å². The van der Waals surface area contributed by atoms with Crippen molar-refractivity contribution >= 4 is 21.9 Å². The van der Waals surface area contributed by atoms with Gasteiger partial charge in [-0.3, -0.25) is 25.0 Å². The minimum Gasteiger partial charge on any atom is -0.497 e. The number of halogens is 1. The van der Waals surface area contributed by atoms with Crippen LogP contribution in [0.25, 0.3) is 56.0 Å². The molecule has 6 rings (SSSR count). The van der Waals surface area contributed by atoms with Crippen molar-refractivity contribution < 1.29 is 9.13 Å². The van der Waals surface area contributed by atoms with Gasteiger partial charge in [-0.05, 0) is 23.8 Å². The zero-order chi connectivity index (χ0) is 22.4. The van der Waals surface area contributed by atoms with E-state index in [0.29, 0.717) is 50.8 Å². The highest BCUT2D eigenvalue weighted by molar-refractivity contribution is 5.97. The van der Waals surface area contributed by atoms with Crippen molar-refractivity contribution in [2.75, 3.05) is 7.11 Å². The third kappa shape index (κ3) is 3.24. The fraction of sp³-hybridized carbons (Fsp3) is 0.0435. The first-order valence-electron chi connectivity index (χ1n) is 9.99. The van der Waals surface area contributed by atoms with Crippen LogP contribution in [-0.2, 0) is 0 Å². The Kier molecular flexibility index (Phi) is 4.29. The lowest BCUT2D eigenvalue weighted by molar-refractivity contribution is 0.411. The highest BCUT2D eigenvalue weighted by Crippen LogP contribution is 2.33. The molecule has 10 heteroatoms. The highest BCUT2D eigenvalue weighted by atomic mass is 19.1. The summed E-state index contributed by atoms with van der Waals surface area (Å²) in [5, 5.41) is 8.26. The molecule has 0 spiro atoms. The van der Waals surface area contributed by atoms with Gasteiger partial charge < -0.3 is 9.72 Å². The Morgan fingerprint density at radius 1 is 0.879 bits per heavy atom. The number of hydrogen-bond acceptors (Lipinski definition) is 7. The summed E-state index contributed by atoms with van der Waals surface area (Å²) in [4.78, 5) is 25.2. The van der Waals surface area contributed by atoms with Gasteiger partial charge in [0.1, 0.15) is 23.0 Å². The first-order valence-corrected chi connectivity index (χ1v) is 9.99. The number of benzene rings is 1. The lowest BCUT2D eigenvalue weighted by Crippen LogP contribution is -1.89. The van der Waals surface area contributed by atoms with Gasteiger partial charge in [0, 0.05) is 35.6 Å². The Hall–Kier alpha value is -4.73. The second kappa shape index (κ2) is 7.45. The number of nitrogens with zero attached hydrogens (tertiary/aromatic N) is 6. The average molecular weight is 438 g/mol. The molecule has 0 aliphatic carbocycles. The van der Waals surface area contributed by atoms with Crippen molar-refractivity contribution in [3.05, 3.63) is 67.3 Å². The van der Waals surface area contributed by atoms with Crippen molar-refractivity contribution in [2.45, 2.75) is 0 Å². The second-order valence-corrected chi connectivity index (χ2v) is 7.33. The predicted octanol–water partition coefficient (Wildman–Crippen LogP) is 4.17. The van der Waals surface area contributed by atoms with E-state index in [9.17, 15) is 4.39 Å². The minimum absolute atomic E-state index is 0.403. The number of ether oxygens (including phenoxy) is 1. The lowest BCUT2D eigenvalue weighted by atomic mass is 10.1. The SMILES string of the molecule is COc1cc(F)cc(-c2cncc3[nH]c(-c4n[nH]c5cnc(-c6cnccn6)cc45)nc23)c1. The van der Waals surface area contributed by atoms with Crippen LogP contribution in [0.5, 0.6) is 5.75 Å². The van der Waals surface area contributed by atoms with E-state index in [1.54, 1.807) is 43.2 Å². The van der Waals surface area contributed by atoms with E-state index in [1.807, 2.05) is 6.07 Å². The van der Waals surface area contributed by atoms with Gasteiger partial charge in [-0.15, -0.1) is 0 Å². The molecule has 160 valence electrons. The number of hydrogen-bond donors (Lipinski definition) is 2. The normalized spacial score (nSPS) is 11.3. The van der Waals surface area contributed by atoms with Crippen LogP contribution in [0.15, 0.2) is 61.4 Å². The van der Waals surface area contributed by atoms with Gasteiger partial charge in [0.15, 0.2) is 5.82 Å². The Labute approximate surface area is 185 Å². The maximum Gasteiger partial charge on any atom is 0.159 e. The van der Waals surface area contributed by atoms with Crippen molar-refractivity contribution in [3.8, 4) is 39.8 Å². The van der Waals surface area contributed by atoms with Crippen LogP contribution in [0, 0.1) is 5.82 Å². The largest absolute Gasteiger partial charge is 0.497 e. The van der Waals surface area contributed by atoms with Crippen molar-refractivity contribution in [1.29, 1.82) is 0 Å². The molecule has 0 saturated heterocycles. The zero-order valence-corrected chi connectivity index (χ0v) is 17.2. The topological polar surface area (TPSA) is 118 Å². The molecule has 0 bridgehead atoms. The fourth-order valence-corrected chi connectivity index (χ4v) is 3.76. The summed E-state index contributed by atoms with van der Waals surface area (Å²) >= 11 is 0. The molecule has 5 aromatic heterocycles. The maximum atomic E-state index is 14.1. The Balaban J connectivity index is 1.50. The third-order valence-electron chi connectivity index (χ3n) is 5.31. The molecule has 0 radical (unpaired) electrons. The quantitative estimate of drug-likeness (QED) is 0.424. The van der Waals surface area contributed by atoms with E-state index >= 15 is 0 Å². The standard InChI is InChI=1S/C23H15FN8O/c1-33-14-5-12(4-13(24)6-14)16-8-26-10-20-21(16)30-23(29-20)22-15-7-17(19-9-25-2-3-27-19)28-11-18(15)31-32-22/h2-11H,1H3,(H,29,30)(H,31,32). The summed E-state index contributed by atoms with van der Waals surface area (Å²) < 4.78 is 19.3. The monoisotopic (exact) mass is 438 g/mol. The summed E-state index contributed by atoms with van der Waals surface area (Å²) in [5.74, 6) is 0.560. The first kappa shape index (κ1) is 19.0. The fourth-order valence-electron chi connectivity index (χ4n) is 3.76. The van der Waals surface area contributed by atoms with E-state index in [0.717, 1.165) is 10.9 Å². The molecule has 33 heavy (non-hydrogen) atoms. The Bertz CT molecular complexity index is 1630. The van der Waals surface area contributed by atoms with Crippen molar-refractivity contribution in [2.24, 2.45) is 0 Å². The molecule has 0 saturated carbocycles. The molecule has 0 unspecified atom stereocenters. The number of methoxy groups -OCH3 is 1. The number of fused-ring (bicyclic) bond motifs is 2. The van der Waals surface area contributed by atoms with Gasteiger partial charge >= 0.3 is 0 Å². The van der Waals surface area contributed by atoms with E-state index in [-0.39, 0.29) is 0 Å². The van der Waals surface area contributed by atoms with Crippen molar-refractivity contribution in [1.82, 2.24) is 40.1 Å². The smallest absolute Gasteiger partial charge is 0.159 e. The molecule has 0 aliphatic heterocycles. The zero-order valence-electron chi connectivity index (χ0n) is 17.2. The first-order chi connectivity index (χ1) is 16.2. The molecule has 9 nitrogen and oxygen atoms in total. The minimum atomic E-state index is -0.403. The van der Waals surface area contributed by atoms with E-state index < -0.39 is 5.82 Å². The van der Waals surface area contributed by atoms with Gasteiger partial charge in [-0.25, -0.2) is 9.37 Å². The Morgan fingerprint density at radius 3 is 2.67 bits per heavy atom. The van der Waals surface area contributed by atoms with E-state index in [1.165, 1.54) is 19.2 Å². The number of aromatic nitrogens is 8. The molecular formula is C23H15FN8O. The Morgan fingerprint density at radius 2 is 1.82 bits per heavy atom. The number of H-pyrrole nitrogens is 2. The molecule has 1 aromatic carbocycles. The van der Waals surface area contributed by atoms with E-state index in [2.05, 4.69) is 35.1 Å². The maximum absolute atomic E-state index is 14.1. The summed E-state index contributed by atoms with van der Waals surface area (Å²) in [5.41, 5.74) is 5.34. The highest BCUT2D eigenvalue weighted by Gasteiger charge is 2.17. The van der Waals surface area contributed by atoms with E-state index in [4.69, 9.17) is 9.72 Å². The number of nitrogens with one attached hydrogen (secondary N) is 2. The molecule has 2 N–H and O–H groups in total. The number of imidazole rings is 1. The van der Waals surface area contributed by atoms with Crippen molar-refractivity contribution in [3.63, 3.8) is 0 Å². The lowest BCUT2D eigenvalue weighted by Gasteiger charge is -2.06. The van der Waals surface area contributed by atoms with Gasteiger partial charge in [-0.1, -0.05) is 0 Å². The van der Waals surface area contributed by atoms with Crippen LogP contribution < -0.4 is 4.74 Å². The molecular weight excluding hydrogens is 423 g/mol. The summed E-state index contributed by atoms with van der Waals surface area (Å²) in [6.45, 7) is 0. The summed E-state index contributed by atoms with van der Waals surface area (Å²) in [6, 6.07) is 6.39. The third-order valence-corrected chi connectivity index (χ3v) is 5.31. The number of aromatic amines is 2. The van der Waals surface area contributed by atoms with Crippen LogP contribution in [0.1, 0.15) is 0 Å². The van der Waals surface area contributed by atoms with Crippen LogP contribution in [-0.4, -0.2) is 47.2 Å². The van der Waals surface area contributed by atoms with Gasteiger partial charge in [0.05, 0.1) is 47.9 Å².